The van der Waals surface area contributed by atoms with Crippen molar-refractivity contribution in [1.29, 1.82) is 0 Å². The molecule has 0 N–H and O–H groups in total. The smallest absolute Gasteiger partial charge is 0.243 e. The van der Waals surface area contributed by atoms with Gasteiger partial charge in [0, 0.05) is 65.9 Å². The molecular weight excluding hydrogens is 1230 g/mol. The van der Waals surface area contributed by atoms with Crippen LogP contribution >= 0.6 is 0 Å². The van der Waals surface area contributed by atoms with E-state index in [9.17, 15) is 0 Å². The molecule has 10 nitrogen and oxygen atoms in total. The Morgan fingerprint density at radius 3 is 1.16 bits per heavy atom. The molecule has 0 aliphatic heterocycles. The SMILES string of the molecule is C[n+]1[c-]n(-c2[c-]c(C3(c4cc[n-]n4)c4ccccc4-c4ccccc43)ccc2)c2ncccc21.C[n+]1[c-]n(-c2[c-]c(C3(c4cc[n-]n4)c4ccccc4-c4ccccc43)ccc2)c2ncccc21.[Pt].[Pt]. The third-order valence-corrected chi connectivity index (χ3v) is 13.6. The molecule has 2 aliphatic rings. The third kappa shape index (κ3) is 6.54. The Labute approximate surface area is 432 Å². The summed E-state index contributed by atoms with van der Waals surface area (Å²) >= 11 is 0. The van der Waals surface area contributed by atoms with E-state index in [1.165, 1.54) is 44.5 Å². The fourth-order valence-electron chi connectivity index (χ4n) is 10.8. The zero-order valence-corrected chi connectivity index (χ0v) is 42.1. The van der Waals surface area contributed by atoms with Gasteiger partial charge in [0.2, 0.25) is 12.7 Å². The molecule has 0 unspecified atom stereocenters. The summed E-state index contributed by atoms with van der Waals surface area (Å²) in [7, 11) is 3.96. The Kier molecular flexibility index (Phi) is 11.3. The van der Waals surface area contributed by atoms with Gasteiger partial charge in [-0.05, 0) is 44.5 Å². The maximum Gasteiger partial charge on any atom is 0.243 e. The molecule has 0 saturated carbocycles. The summed E-state index contributed by atoms with van der Waals surface area (Å²) < 4.78 is 7.86. The largest absolute Gasteiger partial charge is 0.581 e. The molecule has 0 saturated heterocycles. The molecule has 14 rings (SSSR count). The van der Waals surface area contributed by atoms with E-state index < -0.39 is 10.8 Å². The first kappa shape index (κ1) is 44.8. The van der Waals surface area contributed by atoms with Gasteiger partial charge < -0.3 is 38.7 Å². The van der Waals surface area contributed by atoms with E-state index in [2.05, 4.69) is 176 Å². The van der Waals surface area contributed by atoms with Crippen molar-refractivity contribution in [3.8, 4) is 33.6 Å². The van der Waals surface area contributed by atoms with Crippen molar-refractivity contribution in [3.63, 3.8) is 0 Å². The zero-order chi connectivity index (χ0) is 45.4. The van der Waals surface area contributed by atoms with Gasteiger partial charge >= 0.3 is 0 Å². The number of aromatic nitrogens is 10. The van der Waals surface area contributed by atoms with Crippen LogP contribution in [0.2, 0.25) is 0 Å². The topological polar surface area (TPSA) is 97.4 Å². The van der Waals surface area contributed by atoms with Gasteiger partial charge in [-0.25, -0.2) is 0 Å². The molecule has 0 fully saturated rings. The van der Waals surface area contributed by atoms with Gasteiger partial charge in [0.25, 0.3) is 0 Å². The van der Waals surface area contributed by atoms with Crippen LogP contribution in [0.3, 0.4) is 0 Å². The van der Waals surface area contributed by atoms with Crippen molar-refractivity contribution >= 4 is 22.3 Å². The summed E-state index contributed by atoms with van der Waals surface area (Å²) in [5, 5.41) is 17.6. The zero-order valence-electron chi connectivity index (χ0n) is 37.6. The summed E-state index contributed by atoms with van der Waals surface area (Å²) in [5.41, 5.74) is 17.6. The minimum Gasteiger partial charge on any atom is -0.581 e. The van der Waals surface area contributed by atoms with Crippen LogP contribution in [-0.2, 0) is 67.1 Å². The molecule has 6 aromatic heterocycles. The molecule has 344 valence electrons. The second kappa shape index (κ2) is 17.7. The molecular formula is C58H38N10Pt2-4. The van der Waals surface area contributed by atoms with Crippen molar-refractivity contribution in [2.75, 3.05) is 0 Å². The Hall–Kier alpha value is -7.64. The number of hydrogen-bond acceptors (Lipinski definition) is 4. The van der Waals surface area contributed by atoms with Crippen LogP contribution in [0.4, 0.5) is 0 Å². The first-order valence-corrected chi connectivity index (χ1v) is 22.4. The molecule has 12 aromatic rings. The fraction of sp³-hybridized carbons (Fsp3) is 0.0690. The second-order valence-electron chi connectivity index (χ2n) is 17.1. The van der Waals surface area contributed by atoms with Gasteiger partial charge in [-0.2, -0.15) is 60.9 Å². The fourth-order valence-corrected chi connectivity index (χ4v) is 10.8. The average molecular weight is 1270 g/mol. The van der Waals surface area contributed by atoms with E-state index in [1.54, 1.807) is 24.8 Å². The maximum atomic E-state index is 4.61. The summed E-state index contributed by atoms with van der Waals surface area (Å²) in [6.07, 6.45) is 13.9. The normalized spacial score (nSPS) is 13.3. The number of rotatable bonds is 6. The van der Waals surface area contributed by atoms with Crippen LogP contribution in [0, 0.1) is 24.8 Å². The minimum atomic E-state index is -0.613. The summed E-state index contributed by atoms with van der Waals surface area (Å²) in [6.45, 7) is 0. The molecule has 6 aromatic carbocycles. The Morgan fingerprint density at radius 1 is 0.429 bits per heavy atom. The maximum absolute atomic E-state index is 4.61. The molecule has 0 spiro atoms. The minimum absolute atomic E-state index is 0. The van der Waals surface area contributed by atoms with Gasteiger partial charge in [0.1, 0.15) is 11.3 Å². The molecule has 0 atom stereocenters. The van der Waals surface area contributed by atoms with E-state index in [0.717, 1.165) is 56.2 Å². The summed E-state index contributed by atoms with van der Waals surface area (Å²) in [5.74, 6) is 0. The molecule has 6 heterocycles. The number of aryl methyl sites for hydroxylation is 2. The number of nitrogens with zero attached hydrogens (tertiary/aromatic N) is 10. The predicted octanol–water partition coefficient (Wildman–Crippen LogP) is 8.33. The molecule has 0 bridgehead atoms. The number of fused-ring (bicyclic) bond motifs is 8. The number of hydrogen-bond donors (Lipinski definition) is 0. The quantitative estimate of drug-likeness (QED) is 0.123. The van der Waals surface area contributed by atoms with Gasteiger partial charge in [0.15, 0.2) is 0 Å². The van der Waals surface area contributed by atoms with Crippen molar-refractivity contribution in [3.05, 3.63) is 264 Å². The summed E-state index contributed by atoms with van der Waals surface area (Å²) in [6, 6.07) is 66.3. The first-order chi connectivity index (χ1) is 33.6. The molecule has 12 heteroatoms. The van der Waals surface area contributed by atoms with E-state index in [4.69, 9.17) is 0 Å². The van der Waals surface area contributed by atoms with Crippen molar-refractivity contribution in [1.82, 2.24) is 39.5 Å². The standard InChI is InChI=1S/2C29H19N5.2Pt/c2*1-33-19-34(28-26(33)14-7-16-30-28)21-9-6-8-20(18-21)29(27-15-17-31-32-27)24-12-4-2-10-22(24)23-11-3-5-13-25(23)29;;/h2*2-17H,1H3;;/q2*-2;;. The summed E-state index contributed by atoms with van der Waals surface area (Å²) in [4.78, 5) is 9.23. The van der Waals surface area contributed by atoms with Crippen molar-refractivity contribution in [2.45, 2.75) is 10.8 Å². The van der Waals surface area contributed by atoms with Crippen LogP contribution < -0.4 is 19.3 Å². The van der Waals surface area contributed by atoms with Crippen molar-refractivity contribution in [2.24, 2.45) is 14.1 Å². The van der Waals surface area contributed by atoms with Gasteiger partial charge in [0.05, 0.1) is 36.0 Å². The third-order valence-electron chi connectivity index (χ3n) is 13.6. The van der Waals surface area contributed by atoms with Crippen LogP contribution in [-0.4, -0.2) is 29.3 Å². The van der Waals surface area contributed by atoms with Crippen LogP contribution in [0.25, 0.3) is 56.0 Å². The first-order valence-electron chi connectivity index (χ1n) is 22.4. The van der Waals surface area contributed by atoms with Crippen LogP contribution in [0.15, 0.2) is 195 Å². The van der Waals surface area contributed by atoms with Crippen LogP contribution in [0.5, 0.6) is 0 Å². The molecule has 70 heavy (non-hydrogen) atoms. The van der Waals surface area contributed by atoms with Gasteiger partial charge in [-0.15, -0.1) is 11.1 Å². The number of imidazole rings is 2. The molecule has 2 aliphatic carbocycles. The van der Waals surface area contributed by atoms with E-state index >= 15 is 0 Å². The van der Waals surface area contributed by atoms with E-state index in [-0.39, 0.29) is 42.1 Å². The average Bonchev–Trinajstić information content (AvgIpc) is 4.28. The van der Waals surface area contributed by atoms with Gasteiger partial charge in [-0.1, -0.05) is 145 Å². The van der Waals surface area contributed by atoms with E-state index in [1.807, 2.05) is 80.9 Å². The molecule has 0 radical (unpaired) electrons. The van der Waals surface area contributed by atoms with Gasteiger partial charge in [-0.3, -0.25) is 9.97 Å². The number of pyridine rings is 2. The van der Waals surface area contributed by atoms with Crippen molar-refractivity contribution < 1.29 is 51.3 Å². The second-order valence-corrected chi connectivity index (χ2v) is 17.1. The molecule has 0 amide bonds. The Bertz CT molecular complexity index is 3530. The van der Waals surface area contributed by atoms with Crippen LogP contribution in [0.1, 0.15) is 44.8 Å². The predicted molar refractivity (Wildman–Crippen MR) is 257 cm³/mol. The Morgan fingerprint density at radius 2 is 0.800 bits per heavy atom. The number of benzene rings is 6. The van der Waals surface area contributed by atoms with E-state index in [0.29, 0.717) is 0 Å². The monoisotopic (exact) mass is 1260 g/mol. The Balaban J connectivity index is 0.000000148.